The minimum absolute atomic E-state index is 0.323. The van der Waals surface area contributed by atoms with Gasteiger partial charge in [-0.3, -0.25) is 9.69 Å². The lowest BCUT2D eigenvalue weighted by Gasteiger charge is -2.22. The highest BCUT2D eigenvalue weighted by Gasteiger charge is 2.33. The molecule has 0 unspecified atom stereocenters. The molecule has 0 aromatic heterocycles. The largest absolute Gasteiger partial charge is 0.497 e. The van der Waals surface area contributed by atoms with Crippen molar-refractivity contribution < 1.29 is 14.3 Å². The van der Waals surface area contributed by atoms with Crippen molar-refractivity contribution in [1.29, 1.82) is 0 Å². The number of carbonyl (C=O) groups is 1. The lowest BCUT2D eigenvalue weighted by atomic mass is 10.2. The molecule has 1 aromatic rings. The van der Waals surface area contributed by atoms with E-state index in [2.05, 4.69) is 21.9 Å². The van der Waals surface area contributed by atoms with Gasteiger partial charge in [0.1, 0.15) is 11.5 Å². The van der Waals surface area contributed by atoms with Gasteiger partial charge in [-0.2, -0.15) is 0 Å². The summed E-state index contributed by atoms with van der Waals surface area (Å²) >= 11 is 0. The number of rotatable bonds is 5. The molecule has 2 aliphatic rings. The highest BCUT2D eigenvalue weighted by Crippen LogP contribution is 2.31. The zero-order valence-electron chi connectivity index (χ0n) is 14.1. The molecular formula is C18H26N2O3. The minimum Gasteiger partial charge on any atom is -0.497 e. The van der Waals surface area contributed by atoms with Crippen LogP contribution in [0.2, 0.25) is 0 Å². The van der Waals surface area contributed by atoms with Crippen molar-refractivity contribution in [3.05, 3.63) is 23.8 Å². The Morgan fingerprint density at radius 2 is 1.74 bits per heavy atom. The first-order valence-corrected chi connectivity index (χ1v) is 8.42. The van der Waals surface area contributed by atoms with Gasteiger partial charge in [0.05, 0.1) is 14.2 Å². The number of amides is 1. The highest BCUT2D eigenvalue weighted by atomic mass is 16.5. The van der Waals surface area contributed by atoms with Crippen LogP contribution in [0.15, 0.2) is 18.2 Å². The van der Waals surface area contributed by atoms with Crippen LogP contribution in [0.25, 0.3) is 0 Å². The van der Waals surface area contributed by atoms with Crippen LogP contribution in [0.1, 0.15) is 24.8 Å². The van der Waals surface area contributed by atoms with Crippen LogP contribution in [-0.4, -0.2) is 56.1 Å². The van der Waals surface area contributed by atoms with Crippen LogP contribution < -0.4 is 9.47 Å². The van der Waals surface area contributed by atoms with Crippen LogP contribution in [0.5, 0.6) is 11.5 Å². The molecule has 1 saturated heterocycles. The van der Waals surface area contributed by atoms with Gasteiger partial charge in [0.15, 0.2) is 0 Å². The summed E-state index contributed by atoms with van der Waals surface area (Å²) in [4.78, 5) is 16.7. The summed E-state index contributed by atoms with van der Waals surface area (Å²) in [5.41, 5.74) is 1.18. The lowest BCUT2D eigenvalue weighted by molar-refractivity contribution is -0.132. The van der Waals surface area contributed by atoms with Crippen LogP contribution in [0.4, 0.5) is 0 Å². The van der Waals surface area contributed by atoms with Gasteiger partial charge in [-0.1, -0.05) is 0 Å². The molecule has 5 nitrogen and oxygen atoms in total. The van der Waals surface area contributed by atoms with Gasteiger partial charge in [-0.25, -0.2) is 0 Å². The number of methoxy groups -OCH3 is 2. The maximum Gasteiger partial charge on any atom is 0.225 e. The van der Waals surface area contributed by atoms with E-state index in [0.717, 1.165) is 63.5 Å². The number of benzene rings is 1. The van der Waals surface area contributed by atoms with Crippen molar-refractivity contribution in [3.63, 3.8) is 0 Å². The molecule has 0 radical (unpaired) electrons. The van der Waals surface area contributed by atoms with Gasteiger partial charge in [-0.15, -0.1) is 0 Å². The molecule has 1 saturated carbocycles. The van der Waals surface area contributed by atoms with Gasteiger partial charge in [0, 0.05) is 44.7 Å². The van der Waals surface area contributed by atoms with E-state index < -0.39 is 0 Å². The minimum atomic E-state index is 0.323. The summed E-state index contributed by atoms with van der Waals surface area (Å²) in [6, 6.07) is 6.00. The zero-order valence-corrected chi connectivity index (χ0v) is 14.1. The Balaban J connectivity index is 1.60. The average Bonchev–Trinajstić information content (AvgIpc) is 3.41. The molecule has 1 heterocycles. The third kappa shape index (κ3) is 4.16. The summed E-state index contributed by atoms with van der Waals surface area (Å²) in [6.07, 6.45) is 3.21. The van der Waals surface area contributed by atoms with E-state index in [1.165, 1.54) is 5.56 Å². The molecule has 5 heteroatoms. The summed E-state index contributed by atoms with van der Waals surface area (Å²) in [5, 5.41) is 0. The van der Waals surface area contributed by atoms with E-state index in [1.807, 2.05) is 6.07 Å². The molecule has 1 aromatic carbocycles. The number of carbonyl (C=O) groups excluding carboxylic acids is 1. The fourth-order valence-corrected chi connectivity index (χ4v) is 3.15. The van der Waals surface area contributed by atoms with Gasteiger partial charge < -0.3 is 14.4 Å². The number of nitrogens with zero attached hydrogens (tertiary/aromatic N) is 2. The molecule has 23 heavy (non-hydrogen) atoms. The second kappa shape index (κ2) is 7.21. The Morgan fingerprint density at radius 3 is 2.35 bits per heavy atom. The predicted octanol–water partition coefficient (Wildman–Crippen LogP) is 2.15. The number of hydrogen-bond acceptors (Lipinski definition) is 4. The van der Waals surface area contributed by atoms with Crippen molar-refractivity contribution >= 4 is 5.91 Å². The Kier molecular flexibility index (Phi) is 5.06. The Labute approximate surface area is 138 Å². The fraction of sp³-hybridized carbons (Fsp3) is 0.611. The van der Waals surface area contributed by atoms with Crippen LogP contribution >= 0.6 is 0 Å². The topological polar surface area (TPSA) is 42.0 Å². The normalized spacial score (nSPS) is 19.3. The predicted molar refractivity (Wildman–Crippen MR) is 88.7 cm³/mol. The third-order valence-electron chi connectivity index (χ3n) is 4.64. The fourth-order valence-electron chi connectivity index (χ4n) is 3.15. The molecule has 3 rings (SSSR count). The third-order valence-corrected chi connectivity index (χ3v) is 4.64. The Hall–Kier alpha value is -1.75. The van der Waals surface area contributed by atoms with Crippen molar-refractivity contribution in [2.45, 2.75) is 25.8 Å². The molecule has 126 valence electrons. The number of hydrogen-bond donors (Lipinski definition) is 0. The van der Waals surface area contributed by atoms with E-state index in [0.29, 0.717) is 11.8 Å². The molecule has 2 fully saturated rings. The first kappa shape index (κ1) is 16.1. The van der Waals surface area contributed by atoms with Crippen molar-refractivity contribution in [2.24, 2.45) is 5.92 Å². The van der Waals surface area contributed by atoms with Gasteiger partial charge in [-0.05, 0) is 37.0 Å². The van der Waals surface area contributed by atoms with E-state index in [1.54, 1.807) is 14.2 Å². The first-order chi connectivity index (χ1) is 11.2. The average molecular weight is 318 g/mol. The Morgan fingerprint density at radius 1 is 1.04 bits per heavy atom. The molecule has 1 aliphatic heterocycles. The molecular weight excluding hydrogens is 292 g/mol. The summed E-state index contributed by atoms with van der Waals surface area (Å²) < 4.78 is 10.7. The summed E-state index contributed by atoms with van der Waals surface area (Å²) in [7, 11) is 3.34. The lowest BCUT2D eigenvalue weighted by Crippen LogP contribution is -2.36. The Bertz CT molecular complexity index is 535. The van der Waals surface area contributed by atoms with Crippen molar-refractivity contribution in [1.82, 2.24) is 9.80 Å². The van der Waals surface area contributed by atoms with Crippen molar-refractivity contribution in [3.8, 4) is 11.5 Å². The summed E-state index contributed by atoms with van der Waals surface area (Å²) in [6.45, 7) is 4.55. The second-order valence-corrected chi connectivity index (χ2v) is 6.45. The molecule has 1 amide bonds. The van der Waals surface area contributed by atoms with Crippen LogP contribution in [0.3, 0.4) is 0 Å². The van der Waals surface area contributed by atoms with Gasteiger partial charge in [0.25, 0.3) is 0 Å². The SMILES string of the molecule is COc1cc(CN2CCCN(C(=O)C3CC3)CC2)cc(OC)c1. The second-order valence-electron chi connectivity index (χ2n) is 6.45. The maximum atomic E-state index is 12.2. The van der Waals surface area contributed by atoms with E-state index in [9.17, 15) is 4.79 Å². The van der Waals surface area contributed by atoms with Crippen LogP contribution in [0, 0.1) is 5.92 Å². The standard InChI is InChI=1S/C18H26N2O3/c1-22-16-10-14(11-17(12-16)23-2)13-19-6-3-7-20(9-8-19)18(21)15-4-5-15/h10-12,15H,3-9,13H2,1-2H3. The van der Waals surface area contributed by atoms with Crippen LogP contribution in [-0.2, 0) is 11.3 Å². The molecule has 0 atom stereocenters. The zero-order chi connectivity index (χ0) is 16.2. The summed E-state index contributed by atoms with van der Waals surface area (Å²) in [5.74, 6) is 2.33. The van der Waals surface area contributed by atoms with E-state index >= 15 is 0 Å². The van der Waals surface area contributed by atoms with E-state index in [-0.39, 0.29) is 0 Å². The molecule has 1 aliphatic carbocycles. The highest BCUT2D eigenvalue weighted by molar-refractivity contribution is 5.81. The molecule has 0 bridgehead atoms. The number of ether oxygens (including phenoxy) is 2. The monoisotopic (exact) mass is 318 g/mol. The first-order valence-electron chi connectivity index (χ1n) is 8.42. The maximum absolute atomic E-state index is 12.2. The van der Waals surface area contributed by atoms with Crippen molar-refractivity contribution in [2.75, 3.05) is 40.4 Å². The molecule has 0 spiro atoms. The smallest absolute Gasteiger partial charge is 0.225 e. The van der Waals surface area contributed by atoms with Gasteiger partial charge in [0.2, 0.25) is 5.91 Å². The van der Waals surface area contributed by atoms with E-state index in [4.69, 9.17) is 9.47 Å². The molecule has 0 N–H and O–H groups in total. The van der Waals surface area contributed by atoms with Gasteiger partial charge >= 0.3 is 0 Å². The quantitative estimate of drug-likeness (QED) is 0.834.